The summed E-state index contributed by atoms with van der Waals surface area (Å²) in [6.45, 7) is 5.72. The van der Waals surface area contributed by atoms with Crippen molar-refractivity contribution in [3.63, 3.8) is 0 Å². The molecule has 0 aliphatic carbocycles. The van der Waals surface area contributed by atoms with Crippen molar-refractivity contribution in [2.75, 3.05) is 25.0 Å². The molecule has 0 saturated heterocycles. The number of carbonyl (C=O) groups excluding carboxylic acids is 1. The third-order valence-corrected chi connectivity index (χ3v) is 2.63. The number of amides is 2. The Morgan fingerprint density at radius 3 is 2.18 bits per heavy atom. The average molecular weight is 234 g/mol. The van der Waals surface area contributed by atoms with Crippen molar-refractivity contribution in [1.82, 2.24) is 4.90 Å². The molecule has 0 aliphatic rings. The van der Waals surface area contributed by atoms with E-state index in [9.17, 15) is 4.79 Å². The SMILES string of the molecule is CCCN(C)C(=O)N(CCC)c1ccccc1. The summed E-state index contributed by atoms with van der Waals surface area (Å²) < 4.78 is 0. The van der Waals surface area contributed by atoms with E-state index < -0.39 is 0 Å². The minimum Gasteiger partial charge on any atom is -0.327 e. The number of carbonyl (C=O) groups is 1. The summed E-state index contributed by atoms with van der Waals surface area (Å²) in [5.41, 5.74) is 0.974. The van der Waals surface area contributed by atoms with Crippen LogP contribution in [0.1, 0.15) is 26.7 Å². The van der Waals surface area contributed by atoms with E-state index in [-0.39, 0.29) is 6.03 Å². The molecule has 94 valence electrons. The Morgan fingerprint density at radius 2 is 1.65 bits per heavy atom. The highest BCUT2D eigenvalue weighted by Gasteiger charge is 2.17. The molecule has 0 unspecified atom stereocenters. The van der Waals surface area contributed by atoms with Gasteiger partial charge in [0.25, 0.3) is 0 Å². The van der Waals surface area contributed by atoms with Gasteiger partial charge in [0.1, 0.15) is 0 Å². The van der Waals surface area contributed by atoms with Gasteiger partial charge in [-0.25, -0.2) is 4.79 Å². The molecule has 0 aliphatic heterocycles. The predicted octanol–water partition coefficient (Wildman–Crippen LogP) is 3.36. The third kappa shape index (κ3) is 3.77. The van der Waals surface area contributed by atoms with Crippen LogP contribution in [0.3, 0.4) is 0 Å². The standard InChI is InChI=1S/C14H22N2O/c1-4-11-15(3)14(17)16(12-5-2)13-9-7-6-8-10-13/h6-10H,4-5,11-12H2,1-3H3. The molecule has 0 aromatic heterocycles. The van der Waals surface area contributed by atoms with E-state index in [2.05, 4.69) is 13.8 Å². The summed E-state index contributed by atoms with van der Waals surface area (Å²) >= 11 is 0. The molecular weight excluding hydrogens is 212 g/mol. The quantitative estimate of drug-likeness (QED) is 0.766. The molecule has 0 bridgehead atoms. The summed E-state index contributed by atoms with van der Waals surface area (Å²) in [4.78, 5) is 15.9. The number of rotatable bonds is 5. The molecule has 0 heterocycles. The Labute approximate surface area is 104 Å². The molecule has 3 nitrogen and oxygen atoms in total. The van der Waals surface area contributed by atoms with Crippen molar-refractivity contribution in [2.24, 2.45) is 0 Å². The van der Waals surface area contributed by atoms with Crippen LogP contribution in [0.4, 0.5) is 10.5 Å². The van der Waals surface area contributed by atoms with Gasteiger partial charge in [0.2, 0.25) is 0 Å². The molecule has 1 aromatic carbocycles. The Morgan fingerprint density at radius 1 is 1.06 bits per heavy atom. The van der Waals surface area contributed by atoms with E-state index in [0.29, 0.717) is 0 Å². The zero-order valence-corrected chi connectivity index (χ0v) is 11.0. The largest absolute Gasteiger partial charge is 0.327 e. The highest BCUT2D eigenvalue weighted by molar-refractivity contribution is 5.91. The molecule has 0 N–H and O–H groups in total. The number of para-hydroxylation sites is 1. The van der Waals surface area contributed by atoms with E-state index >= 15 is 0 Å². The molecule has 0 atom stereocenters. The van der Waals surface area contributed by atoms with Gasteiger partial charge in [-0.15, -0.1) is 0 Å². The molecule has 0 saturated carbocycles. The molecular formula is C14H22N2O. The van der Waals surface area contributed by atoms with Gasteiger partial charge < -0.3 is 4.90 Å². The zero-order chi connectivity index (χ0) is 12.7. The van der Waals surface area contributed by atoms with Crippen LogP contribution < -0.4 is 4.90 Å². The lowest BCUT2D eigenvalue weighted by molar-refractivity contribution is 0.215. The fraction of sp³-hybridized carbons (Fsp3) is 0.500. The first kappa shape index (κ1) is 13.6. The minimum atomic E-state index is 0.0832. The van der Waals surface area contributed by atoms with Crippen LogP contribution in [0.5, 0.6) is 0 Å². The van der Waals surface area contributed by atoms with Crippen LogP contribution in [-0.4, -0.2) is 31.1 Å². The average Bonchev–Trinajstić information content (AvgIpc) is 2.36. The molecule has 0 fully saturated rings. The van der Waals surface area contributed by atoms with E-state index in [4.69, 9.17) is 0 Å². The highest BCUT2D eigenvalue weighted by atomic mass is 16.2. The second-order valence-corrected chi connectivity index (χ2v) is 4.19. The van der Waals surface area contributed by atoms with Crippen molar-refractivity contribution in [3.8, 4) is 0 Å². The van der Waals surface area contributed by atoms with E-state index in [0.717, 1.165) is 31.6 Å². The van der Waals surface area contributed by atoms with E-state index in [1.54, 1.807) is 4.90 Å². The number of anilines is 1. The van der Waals surface area contributed by atoms with Crippen molar-refractivity contribution in [1.29, 1.82) is 0 Å². The zero-order valence-electron chi connectivity index (χ0n) is 11.0. The summed E-state index contributed by atoms with van der Waals surface area (Å²) in [6.07, 6.45) is 1.94. The first-order valence-electron chi connectivity index (χ1n) is 6.28. The third-order valence-electron chi connectivity index (χ3n) is 2.63. The number of hydrogen-bond donors (Lipinski definition) is 0. The van der Waals surface area contributed by atoms with Gasteiger partial charge >= 0.3 is 6.03 Å². The van der Waals surface area contributed by atoms with Gasteiger partial charge in [-0.3, -0.25) is 4.90 Å². The molecule has 1 aromatic rings. The van der Waals surface area contributed by atoms with Gasteiger partial charge in [-0.1, -0.05) is 32.0 Å². The summed E-state index contributed by atoms with van der Waals surface area (Å²) in [5.74, 6) is 0. The van der Waals surface area contributed by atoms with Crippen LogP contribution in [0.15, 0.2) is 30.3 Å². The second kappa shape index (κ2) is 6.94. The van der Waals surface area contributed by atoms with Crippen LogP contribution in [0, 0.1) is 0 Å². The Kier molecular flexibility index (Phi) is 5.53. The maximum atomic E-state index is 12.3. The van der Waals surface area contributed by atoms with Gasteiger partial charge in [-0.2, -0.15) is 0 Å². The van der Waals surface area contributed by atoms with Crippen LogP contribution in [-0.2, 0) is 0 Å². The summed E-state index contributed by atoms with van der Waals surface area (Å²) in [5, 5.41) is 0. The first-order valence-corrected chi connectivity index (χ1v) is 6.28. The molecule has 2 amide bonds. The minimum absolute atomic E-state index is 0.0832. The molecule has 0 spiro atoms. The van der Waals surface area contributed by atoms with Crippen molar-refractivity contribution in [3.05, 3.63) is 30.3 Å². The highest BCUT2D eigenvalue weighted by Crippen LogP contribution is 2.15. The lowest BCUT2D eigenvalue weighted by Crippen LogP contribution is -2.42. The Bertz CT molecular complexity index is 337. The number of nitrogens with zero attached hydrogens (tertiary/aromatic N) is 2. The van der Waals surface area contributed by atoms with Crippen LogP contribution in [0.25, 0.3) is 0 Å². The second-order valence-electron chi connectivity index (χ2n) is 4.19. The fourth-order valence-electron chi connectivity index (χ4n) is 1.80. The summed E-state index contributed by atoms with van der Waals surface area (Å²) in [6, 6.07) is 9.94. The van der Waals surface area contributed by atoms with Gasteiger partial charge in [0.05, 0.1) is 0 Å². The maximum Gasteiger partial charge on any atom is 0.324 e. The lowest BCUT2D eigenvalue weighted by Gasteiger charge is -2.27. The van der Waals surface area contributed by atoms with Crippen molar-refractivity contribution >= 4 is 11.7 Å². The van der Waals surface area contributed by atoms with E-state index in [1.165, 1.54) is 0 Å². The lowest BCUT2D eigenvalue weighted by atomic mass is 10.3. The predicted molar refractivity (Wildman–Crippen MR) is 72.4 cm³/mol. The number of urea groups is 1. The topological polar surface area (TPSA) is 23.6 Å². The molecule has 1 rings (SSSR count). The van der Waals surface area contributed by atoms with E-state index in [1.807, 2.05) is 42.3 Å². The van der Waals surface area contributed by atoms with Crippen molar-refractivity contribution < 1.29 is 4.79 Å². The molecule has 17 heavy (non-hydrogen) atoms. The van der Waals surface area contributed by atoms with Gasteiger partial charge in [0, 0.05) is 25.8 Å². The fourth-order valence-corrected chi connectivity index (χ4v) is 1.80. The van der Waals surface area contributed by atoms with Gasteiger partial charge in [-0.05, 0) is 25.0 Å². The van der Waals surface area contributed by atoms with Gasteiger partial charge in [0.15, 0.2) is 0 Å². The Hall–Kier alpha value is -1.51. The monoisotopic (exact) mass is 234 g/mol. The summed E-state index contributed by atoms with van der Waals surface area (Å²) in [7, 11) is 1.86. The normalized spacial score (nSPS) is 10.1. The van der Waals surface area contributed by atoms with Crippen LogP contribution in [0.2, 0.25) is 0 Å². The molecule has 0 radical (unpaired) electrons. The molecule has 3 heteroatoms. The number of hydrogen-bond acceptors (Lipinski definition) is 1. The first-order chi connectivity index (χ1) is 8.20. The maximum absolute atomic E-state index is 12.3. The van der Waals surface area contributed by atoms with Crippen LogP contribution >= 0.6 is 0 Å². The smallest absolute Gasteiger partial charge is 0.324 e. The number of benzene rings is 1. The van der Waals surface area contributed by atoms with Crippen molar-refractivity contribution in [2.45, 2.75) is 26.7 Å². The Balaban J connectivity index is 2.82.